The Morgan fingerprint density at radius 1 is 1.11 bits per heavy atom. The largest absolute Gasteiger partial charge is 0.0628 e. The van der Waals surface area contributed by atoms with E-state index in [0.29, 0.717) is 0 Å². The van der Waals surface area contributed by atoms with Crippen molar-refractivity contribution >= 4 is 0 Å². The van der Waals surface area contributed by atoms with E-state index in [-0.39, 0.29) is 0 Å². The van der Waals surface area contributed by atoms with Gasteiger partial charge in [-0.2, -0.15) is 0 Å². The molecule has 0 saturated heterocycles. The summed E-state index contributed by atoms with van der Waals surface area (Å²) in [5.74, 6) is 1.56. The average molecular weight is 126 g/mol. The quantitative estimate of drug-likeness (QED) is 0.543. The van der Waals surface area contributed by atoms with Crippen molar-refractivity contribution < 1.29 is 0 Å². The predicted octanol–water partition coefficient (Wildman–Crippen LogP) is 3.10. The zero-order valence-electron chi connectivity index (χ0n) is 6.69. The summed E-state index contributed by atoms with van der Waals surface area (Å²) in [7, 11) is 0. The lowest BCUT2D eigenvalue weighted by Crippen LogP contribution is -2.01. The van der Waals surface area contributed by atoms with Gasteiger partial charge in [0.25, 0.3) is 0 Å². The minimum atomic E-state index is 0.755. The molecule has 9 heavy (non-hydrogen) atoms. The van der Waals surface area contributed by atoms with Gasteiger partial charge >= 0.3 is 0 Å². The highest BCUT2D eigenvalue weighted by molar-refractivity contribution is 4.63. The SMILES string of the molecule is [CH2]CC(C[CH2])CC(C)C. The van der Waals surface area contributed by atoms with Crippen LogP contribution >= 0.6 is 0 Å². The summed E-state index contributed by atoms with van der Waals surface area (Å²) < 4.78 is 0. The van der Waals surface area contributed by atoms with Crippen molar-refractivity contribution in [2.24, 2.45) is 11.8 Å². The zero-order valence-corrected chi connectivity index (χ0v) is 6.69. The fourth-order valence-corrected chi connectivity index (χ4v) is 1.05. The van der Waals surface area contributed by atoms with Crippen molar-refractivity contribution in [2.75, 3.05) is 0 Å². The first kappa shape index (κ1) is 9.00. The van der Waals surface area contributed by atoms with Gasteiger partial charge in [-0.05, 0) is 18.3 Å². The molecule has 0 unspecified atom stereocenters. The van der Waals surface area contributed by atoms with E-state index in [0.717, 1.165) is 24.7 Å². The second-order valence-corrected chi connectivity index (χ2v) is 3.07. The molecule has 0 nitrogen and oxygen atoms in total. The monoisotopic (exact) mass is 126 g/mol. The van der Waals surface area contributed by atoms with E-state index in [2.05, 4.69) is 27.7 Å². The fraction of sp³-hybridized carbons (Fsp3) is 0.778. The van der Waals surface area contributed by atoms with Crippen LogP contribution in [-0.4, -0.2) is 0 Å². The van der Waals surface area contributed by atoms with Gasteiger partial charge in [-0.25, -0.2) is 0 Å². The van der Waals surface area contributed by atoms with Gasteiger partial charge in [-0.3, -0.25) is 0 Å². The van der Waals surface area contributed by atoms with Crippen LogP contribution in [0.15, 0.2) is 0 Å². The van der Waals surface area contributed by atoms with Gasteiger partial charge in [0, 0.05) is 0 Å². The van der Waals surface area contributed by atoms with Crippen LogP contribution in [0, 0.1) is 25.7 Å². The standard InChI is InChI=1S/C9H18/c1-5-9(6-2)7-8(3)4/h8-9H,1-2,5-7H2,3-4H3. The highest BCUT2D eigenvalue weighted by Crippen LogP contribution is 2.17. The third-order valence-corrected chi connectivity index (χ3v) is 1.62. The van der Waals surface area contributed by atoms with Crippen molar-refractivity contribution in [1.82, 2.24) is 0 Å². The Bertz CT molecular complexity index is 51.1. The van der Waals surface area contributed by atoms with Crippen molar-refractivity contribution in [3.8, 4) is 0 Å². The van der Waals surface area contributed by atoms with Crippen LogP contribution in [0.25, 0.3) is 0 Å². The Morgan fingerprint density at radius 2 is 1.56 bits per heavy atom. The Kier molecular flexibility index (Phi) is 4.84. The van der Waals surface area contributed by atoms with Crippen LogP contribution in [0.3, 0.4) is 0 Å². The van der Waals surface area contributed by atoms with E-state index in [1.54, 1.807) is 0 Å². The summed E-state index contributed by atoms with van der Waals surface area (Å²) in [6.07, 6.45) is 3.37. The summed E-state index contributed by atoms with van der Waals surface area (Å²) >= 11 is 0. The molecular weight excluding hydrogens is 108 g/mol. The topological polar surface area (TPSA) is 0 Å². The number of hydrogen-bond acceptors (Lipinski definition) is 0. The van der Waals surface area contributed by atoms with E-state index in [1.807, 2.05) is 0 Å². The maximum Gasteiger partial charge on any atom is -0.0412 e. The minimum Gasteiger partial charge on any atom is -0.0628 e. The predicted molar refractivity (Wildman–Crippen MR) is 42.9 cm³/mol. The van der Waals surface area contributed by atoms with Crippen LogP contribution in [-0.2, 0) is 0 Å². The molecule has 0 fully saturated rings. The summed E-state index contributed by atoms with van der Waals surface area (Å²) in [6.45, 7) is 12.2. The van der Waals surface area contributed by atoms with Gasteiger partial charge in [0.2, 0.25) is 0 Å². The second-order valence-electron chi connectivity index (χ2n) is 3.07. The van der Waals surface area contributed by atoms with Gasteiger partial charge < -0.3 is 0 Å². The first-order valence-corrected chi connectivity index (χ1v) is 3.79. The van der Waals surface area contributed by atoms with Crippen molar-refractivity contribution in [3.05, 3.63) is 13.8 Å². The van der Waals surface area contributed by atoms with E-state index in [9.17, 15) is 0 Å². The van der Waals surface area contributed by atoms with E-state index in [1.165, 1.54) is 6.42 Å². The minimum absolute atomic E-state index is 0.755. The van der Waals surface area contributed by atoms with E-state index >= 15 is 0 Å². The molecule has 0 atom stereocenters. The number of hydrogen-bond donors (Lipinski definition) is 0. The van der Waals surface area contributed by atoms with Crippen LogP contribution < -0.4 is 0 Å². The Morgan fingerprint density at radius 3 is 1.67 bits per heavy atom. The van der Waals surface area contributed by atoms with Crippen LogP contribution in [0.4, 0.5) is 0 Å². The summed E-state index contributed by atoms with van der Waals surface area (Å²) in [5.41, 5.74) is 0. The normalized spacial score (nSPS) is 11.3. The third-order valence-electron chi connectivity index (χ3n) is 1.62. The number of rotatable bonds is 4. The zero-order chi connectivity index (χ0) is 7.28. The molecule has 0 aliphatic heterocycles. The van der Waals surface area contributed by atoms with Gasteiger partial charge in [0.1, 0.15) is 0 Å². The third kappa shape index (κ3) is 4.50. The van der Waals surface area contributed by atoms with Crippen molar-refractivity contribution in [2.45, 2.75) is 33.1 Å². The van der Waals surface area contributed by atoms with E-state index in [4.69, 9.17) is 0 Å². The molecule has 0 bridgehead atoms. The first-order chi connectivity index (χ1) is 4.20. The molecule has 0 saturated carbocycles. The van der Waals surface area contributed by atoms with Gasteiger partial charge in [0.05, 0.1) is 0 Å². The van der Waals surface area contributed by atoms with Crippen molar-refractivity contribution in [3.63, 3.8) is 0 Å². The lowest BCUT2D eigenvalue weighted by molar-refractivity contribution is 0.414. The van der Waals surface area contributed by atoms with Crippen molar-refractivity contribution in [1.29, 1.82) is 0 Å². The molecule has 0 heteroatoms. The molecule has 0 amide bonds. The Balaban J connectivity index is 3.31. The van der Waals surface area contributed by atoms with E-state index < -0.39 is 0 Å². The summed E-state index contributed by atoms with van der Waals surface area (Å²) in [6, 6.07) is 0. The lowest BCUT2D eigenvalue weighted by Gasteiger charge is -2.13. The molecule has 0 heterocycles. The van der Waals surface area contributed by atoms with Gasteiger partial charge in [-0.15, -0.1) is 0 Å². The molecule has 0 N–H and O–H groups in total. The van der Waals surface area contributed by atoms with Crippen LogP contribution in [0.1, 0.15) is 33.1 Å². The van der Waals surface area contributed by atoms with Gasteiger partial charge in [-0.1, -0.05) is 40.5 Å². The molecule has 0 spiro atoms. The lowest BCUT2D eigenvalue weighted by atomic mass is 9.93. The second kappa shape index (κ2) is 4.84. The summed E-state index contributed by atoms with van der Waals surface area (Å²) in [5, 5.41) is 0. The van der Waals surface area contributed by atoms with Gasteiger partial charge in [0.15, 0.2) is 0 Å². The molecule has 2 radical (unpaired) electrons. The molecule has 54 valence electrons. The Labute approximate surface area is 59.7 Å². The van der Waals surface area contributed by atoms with Crippen LogP contribution in [0.5, 0.6) is 0 Å². The maximum absolute atomic E-state index is 3.87. The smallest absolute Gasteiger partial charge is 0.0412 e. The van der Waals surface area contributed by atoms with Crippen LogP contribution in [0.2, 0.25) is 0 Å². The summed E-state index contributed by atoms with van der Waals surface area (Å²) in [4.78, 5) is 0. The molecule has 0 aromatic carbocycles. The molecule has 0 aromatic rings. The fourth-order valence-electron chi connectivity index (χ4n) is 1.05. The molecule has 0 rings (SSSR count). The Hall–Kier alpha value is 0. The first-order valence-electron chi connectivity index (χ1n) is 3.79. The average Bonchev–Trinajstić information content (AvgIpc) is 1.82. The molecule has 0 aromatic heterocycles. The molecule has 0 aliphatic rings. The molecular formula is C9H18. The molecule has 0 aliphatic carbocycles. The highest BCUT2D eigenvalue weighted by atomic mass is 14.1. The maximum atomic E-state index is 3.87. The highest BCUT2D eigenvalue weighted by Gasteiger charge is 2.04.